The van der Waals surface area contributed by atoms with Crippen molar-refractivity contribution in [2.24, 2.45) is 10.2 Å². The van der Waals surface area contributed by atoms with Gasteiger partial charge in [0.25, 0.3) is 5.56 Å². The number of H-pyrrole nitrogens is 1. The summed E-state index contributed by atoms with van der Waals surface area (Å²) in [7, 11) is 0. The Kier molecular flexibility index (Phi) is 4.17. The molecule has 2 rings (SSSR count). The monoisotopic (exact) mass is 278 g/mol. The highest BCUT2D eigenvalue weighted by atomic mass is 16.1. The van der Waals surface area contributed by atoms with Gasteiger partial charge >= 0.3 is 0 Å². The molecule has 102 valence electrons. The number of aromatic amines is 1. The molecule has 1 heterocycles. The Bertz CT molecular complexity index is 793. The fraction of sp³-hybridized carbons (Fsp3) is 0.143. The molecule has 7 heteroatoms. The fourth-order valence-corrected chi connectivity index (χ4v) is 1.68. The predicted molar refractivity (Wildman–Crippen MR) is 74.6 cm³/mol. The molecule has 0 saturated carbocycles. The lowest BCUT2D eigenvalue weighted by atomic mass is 10.1. The summed E-state index contributed by atoms with van der Waals surface area (Å²) in [6, 6.07) is 10.7. The second kappa shape index (κ2) is 6.22. The number of benzene rings is 1. The predicted octanol–water partition coefficient (Wildman–Crippen LogP) is 2.24. The van der Waals surface area contributed by atoms with Crippen molar-refractivity contribution < 1.29 is 0 Å². The lowest BCUT2D eigenvalue weighted by molar-refractivity contribution is 0.949. The van der Waals surface area contributed by atoms with Gasteiger partial charge in [-0.25, -0.2) is 5.10 Å². The normalized spacial score (nSPS) is 10.5. The van der Waals surface area contributed by atoms with Crippen molar-refractivity contribution in [1.29, 1.82) is 10.5 Å². The van der Waals surface area contributed by atoms with E-state index in [-0.39, 0.29) is 5.56 Å². The maximum absolute atomic E-state index is 11.1. The summed E-state index contributed by atoms with van der Waals surface area (Å²) < 4.78 is 0. The second-order valence-electron chi connectivity index (χ2n) is 4.19. The van der Waals surface area contributed by atoms with Crippen LogP contribution in [0.4, 0.5) is 5.69 Å². The molecule has 21 heavy (non-hydrogen) atoms. The van der Waals surface area contributed by atoms with Gasteiger partial charge in [-0.3, -0.25) is 4.79 Å². The molecule has 0 atom stereocenters. The van der Waals surface area contributed by atoms with Gasteiger partial charge in [-0.15, -0.1) is 0 Å². The molecule has 0 spiro atoms. The highest BCUT2D eigenvalue weighted by molar-refractivity contribution is 5.64. The van der Waals surface area contributed by atoms with Gasteiger partial charge in [0, 0.05) is 11.6 Å². The molecule has 1 aromatic carbocycles. The van der Waals surface area contributed by atoms with Gasteiger partial charge in [0.05, 0.1) is 11.4 Å². The fourth-order valence-electron chi connectivity index (χ4n) is 1.68. The summed E-state index contributed by atoms with van der Waals surface area (Å²) in [4.78, 5) is 11.1. The first-order valence-corrected chi connectivity index (χ1v) is 6.01. The van der Waals surface area contributed by atoms with Gasteiger partial charge in [0.15, 0.2) is 0 Å². The third-order valence-corrected chi connectivity index (χ3v) is 2.67. The van der Waals surface area contributed by atoms with Crippen LogP contribution < -0.4 is 5.56 Å². The molecular weight excluding hydrogens is 268 g/mol. The molecule has 0 unspecified atom stereocenters. The number of nitrogens with one attached hydrogen (secondary N) is 1. The van der Waals surface area contributed by atoms with Gasteiger partial charge in [-0.1, -0.05) is 12.1 Å². The summed E-state index contributed by atoms with van der Waals surface area (Å²) in [5.41, 5.74) is 2.53. The van der Waals surface area contributed by atoms with Crippen LogP contribution in [0, 0.1) is 29.6 Å². The lowest BCUT2D eigenvalue weighted by Gasteiger charge is -2.03. The Morgan fingerprint density at radius 1 is 1.24 bits per heavy atom. The molecule has 7 nitrogen and oxygen atoms in total. The minimum absolute atomic E-state index is 0.249. The molecule has 0 bridgehead atoms. The summed E-state index contributed by atoms with van der Waals surface area (Å²) >= 11 is 0. The number of nitrogens with zero attached hydrogens (tertiary/aromatic N) is 5. The Hall–Kier alpha value is -3.32. The van der Waals surface area contributed by atoms with E-state index in [0.29, 0.717) is 11.4 Å². The maximum Gasteiger partial charge on any atom is 0.264 e. The topological polar surface area (TPSA) is 118 Å². The first kappa shape index (κ1) is 14.1. The number of azo groups is 1. The third kappa shape index (κ3) is 3.37. The highest BCUT2D eigenvalue weighted by Gasteiger charge is 2.05. The molecule has 0 aliphatic carbocycles. The summed E-state index contributed by atoms with van der Waals surface area (Å²) in [5, 5.41) is 31.0. The molecule has 0 radical (unpaired) electrons. The molecule has 0 fully saturated rings. The van der Waals surface area contributed by atoms with E-state index < -0.39 is 6.04 Å². The molecular formula is C14H10N6O. The van der Waals surface area contributed by atoms with Gasteiger partial charge in [0.1, 0.15) is 12.1 Å². The smallest absolute Gasteiger partial charge is 0.264 e. The summed E-state index contributed by atoms with van der Waals surface area (Å²) in [6.07, 6.45) is 0. The Morgan fingerprint density at radius 3 is 2.48 bits per heavy atom. The van der Waals surface area contributed by atoms with Gasteiger partial charge in [0.2, 0.25) is 6.04 Å². The minimum atomic E-state index is -1.10. The van der Waals surface area contributed by atoms with Crippen LogP contribution in [0.3, 0.4) is 0 Å². The maximum atomic E-state index is 11.1. The van der Waals surface area contributed by atoms with Crippen LogP contribution in [-0.2, 0) is 0 Å². The van der Waals surface area contributed by atoms with E-state index in [1.54, 1.807) is 43.3 Å². The zero-order valence-electron chi connectivity index (χ0n) is 11.1. The van der Waals surface area contributed by atoms with E-state index in [2.05, 4.69) is 20.4 Å². The number of nitriles is 2. The molecule has 0 saturated heterocycles. The third-order valence-electron chi connectivity index (χ3n) is 2.67. The van der Waals surface area contributed by atoms with E-state index >= 15 is 0 Å². The van der Waals surface area contributed by atoms with Crippen LogP contribution in [0.15, 0.2) is 45.4 Å². The average Bonchev–Trinajstić information content (AvgIpc) is 2.49. The number of aromatic nitrogens is 2. The van der Waals surface area contributed by atoms with Gasteiger partial charge in [-0.2, -0.15) is 25.9 Å². The van der Waals surface area contributed by atoms with Gasteiger partial charge < -0.3 is 0 Å². The number of hydrogen-bond donors (Lipinski definition) is 1. The van der Waals surface area contributed by atoms with Crippen molar-refractivity contribution in [3.63, 3.8) is 0 Å². The highest BCUT2D eigenvalue weighted by Crippen LogP contribution is 2.22. The standard InChI is InChI=1S/C14H10N6O/c1-9-6-13(21)19-20-14(9)10-2-4-11(5-3-10)17-18-12(7-15)8-16/h2-6,12H,1H3,(H,19,21). The van der Waals surface area contributed by atoms with E-state index in [1.807, 2.05) is 0 Å². The van der Waals surface area contributed by atoms with E-state index in [0.717, 1.165) is 11.1 Å². The van der Waals surface area contributed by atoms with Crippen molar-refractivity contribution in [3.8, 4) is 23.4 Å². The van der Waals surface area contributed by atoms with Crippen molar-refractivity contribution in [2.45, 2.75) is 13.0 Å². The van der Waals surface area contributed by atoms with Crippen molar-refractivity contribution >= 4 is 5.69 Å². The van der Waals surface area contributed by atoms with Crippen LogP contribution in [0.25, 0.3) is 11.3 Å². The first-order chi connectivity index (χ1) is 10.1. The molecule has 1 aromatic heterocycles. The molecule has 0 amide bonds. The molecule has 0 aliphatic heterocycles. The van der Waals surface area contributed by atoms with E-state index in [9.17, 15) is 4.79 Å². The van der Waals surface area contributed by atoms with Gasteiger partial charge in [-0.05, 0) is 24.6 Å². The molecule has 0 aliphatic rings. The average molecular weight is 278 g/mol. The van der Waals surface area contributed by atoms with Crippen LogP contribution in [-0.4, -0.2) is 16.2 Å². The van der Waals surface area contributed by atoms with Crippen LogP contribution >= 0.6 is 0 Å². The zero-order valence-corrected chi connectivity index (χ0v) is 11.1. The minimum Gasteiger partial charge on any atom is -0.268 e. The van der Waals surface area contributed by atoms with Crippen LogP contribution in [0.2, 0.25) is 0 Å². The van der Waals surface area contributed by atoms with Crippen LogP contribution in [0.5, 0.6) is 0 Å². The van der Waals surface area contributed by atoms with Crippen LogP contribution in [0.1, 0.15) is 5.56 Å². The largest absolute Gasteiger partial charge is 0.268 e. The van der Waals surface area contributed by atoms with E-state index in [1.165, 1.54) is 6.07 Å². The Balaban J connectivity index is 2.26. The Labute approximate surface area is 120 Å². The molecule has 1 N–H and O–H groups in total. The van der Waals surface area contributed by atoms with Crippen molar-refractivity contribution in [3.05, 3.63) is 46.2 Å². The Morgan fingerprint density at radius 2 is 1.90 bits per heavy atom. The number of aryl methyl sites for hydroxylation is 1. The number of rotatable bonds is 3. The lowest BCUT2D eigenvalue weighted by Crippen LogP contribution is -2.08. The SMILES string of the molecule is Cc1cc(=O)[nH]nc1-c1ccc(N=NC(C#N)C#N)cc1. The first-order valence-electron chi connectivity index (χ1n) is 6.01. The molecule has 2 aromatic rings. The quantitative estimate of drug-likeness (QED) is 0.866. The number of hydrogen-bond acceptors (Lipinski definition) is 6. The zero-order chi connectivity index (χ0) is 15.2. The second-order valence-corrected chi connectivity index (χ2v) is 4.19. The summed E-state index contributed by atoms with van der Waals surface area (Å²) in [6.45, 7) is 1.80. The van der Waals surface area contributed by atoms with E-state index in [4.69, 9.17) is 10.5 Å². The summed E-state index contributed by atoms with van der Waals surface area (Å²) in [5.74, 6) is 0. The van der Waals surface area contributed by atoms with Crippen molar-refractivity contribution in [2.75, 3.05) is 0 Å². The van der Waals surface area contributed by atoms with Crippen molar-refractivity contribution in [1.82, 2.24) is 10.2 Å².